The van der Waals surface area contributed by atoms with E-state index in [0.717, 1.165) is 24.5 Å². The predicted molar refractivity (Wildman–Crippen MR) is 67.2 cm³/mol. The molecule has 0 bridgehead atoms. The van der Waals surface area contributed by atoms with Crippen LogP contribution in [0.15, 0.2) is 0 Å². The molecule has 0 aliphatic carbocycles. The molecule has 90 valence electrons. The molecule has 0 saturated carbocycles. The molecule has 1 heterocycles. The largest absolute Gasteiger partial charge is 0.314 e. The van der Waals surface area contributed by atoms with Crippen LogP contribution in [0.1, 0.15) is 47.5 Å². The summed E-state index contributed by atoms with van der Waals surface area (Å²) in [7, 11) is 0. The first-order chi connectivity index (χ1) is 7.00. The van der Waals surface area contributed by atoms with Crippen LogP contribution >= 0.6 is 0 Å². The van der Waals surface area contributed by atoms with Gasteiger partial charge >= 0.3 is 0 Å². The second-order valence-corrected chi connectivity index (χ2v) is 5.63. The molecule has 3 unspecified atom stereocenters. The van der Waals surface area contributed by atoms with Gasteiger partial charge in [-0.15, -0.1) is 0 Å². The third kappa shape index (κ3) is 4.12. The average Bonchev–Trinajstić information content (AvgIpc) is 2.44. The second-order valence-electron chi connectivity index (χ2n) is 5.63. The molecule has 0 amide bonds. The summed E-state index contributed by atoms with van der Waals surface area (Å²) in [6, 6.07) is 2.14. The molecule has 0 radical (unpaired) electrons. The van der Waals surface area contributed by atoms with Crippen LogP contribution in [0.4, 0.5) is 0 Å². The maximum Gasteiger partial charge on any atom is 0.00819 e. The third-order valence-electron chi connectivity index (χ3n) is 3.51. The Morgan fingerprint density at radius 1 is 1.27 bits per heavy atom. The molecule has 0 spiro atoms. The highest BCUT2D eigenvalue weighted by atomic mass is 15.2. The minimum Gasteiger partial charge on any atom is -0.314 e. The van der Waals surface area contributed by atoms with Gasteiger partial charge in [-0.1, -0.05) is 20.8 Å². The summed E-state index contributed by atoms with van der Waals surface area (Å²) in [5.41, 5.74) is 0. The van der Waals surface area contributed by atoms with Crippen molar-refractivity contribution < 1.29 is 0 Å². The maximum absolute atomic E-state index is 3.50. The SMILES string of the molecule is CC1CC(C)N(C(C)CCNC(C)C)C1. The first-order valence-corrected chi connectivity index (χ1v) is 6.49. The van der Waals surface area contributed by atoms with E-state index >= 15 is 0 Å². The zero-order chi connectivity index (χ0) is 11.4. The lowest BCUT2D eigenvalue weighted by atomic mass is 10.1. The highest BCUT2D eigenvalue weighted by Gasteiger charge is 2.29. The van der Waals surface area contributed by atoms with Crippen LogP contribution in [0, 0.1) is 5.92 Å². The Morgan fingerprint density at radius 2 is 1.93 bits per heavy atom. The van der Waals surface area contributed by atoms with Crippen molar-refractivity contribution in [3.05, 3.63) is 0 Å². The van der Waals surface area contributed by atoms with E-state index in [2.05, 4.69) is 44.8 Å². The summed E-state index contributed by atoms with van der Waals surface area (Å²) in [4.78, 5) is 2.67. The van der Waals surface area contributed by atoms with E-state index < -0.39 is 0 Å². The van der Waals surface area contributed by atoms with E-state index in [1.54, 1.807) is 0 Å². The summed E-state index contributed by atoms with van der Waals surface area (Å²) in [5.74, 6) is 0.889. The van der Waals surface area contributed by atoms with Crippen LogP contribution < -0.4 is 5.32 Å². The molecule has 3 atom stereocenters. The molecule has 1 fully saturated rings. The van der Waals surface area contributed by atoms with Gasteiger partial charge in [0.2, 0.25) is 0 Å². The number of nitrogens with one attached hydrogen (secondary N) is 1. The summed E-state index contributed by atoms with van der Waals surface area (Å²) in [5, 5.41) is 3.50. The van der Waals surface area contributed by atoms with Crippen LogP contribution in [-0.2, 0) is 0 Å². The Hall–Kier alpha value is -0.0800. The lowest BCUT2D eigenvalue weighted by Gasteiger charge is -2.29. The first-order valence-electron chi connectivity index (χ1n) is 6.49. The van der Waals surface area contributed by atoms with Gasteiger partial charge in [0.05, 0.1) is 0 Å². The van der Waals surface area contributed by atoms with Crippen LogP contribution in [0.3, 0.4) is 0 Å². The van der Waals surface area contributed by atoms with E-state index in [-0.39, 0.29) is 0 Å². The quantitative estimate of drug-likeness (QED) is 0.753. The van der Waals surface area contributed by atoms with Crippen LogP contribution in [0.5, 0.6) is 0 Å². The van der Waals surface area contributed by atoms with Gasteiger partial charge in [-0.25, -0.2) is 0 Å². The van der Waals surface area contributed by atoms with Gasteiger partial charge in [-0.05, 0) is 39.2 Å². The number of likely N-dealkylation sites (tertiary alicyclic amines) is 1. The molecule has 1 rings (SSSR count). The Morgan fingerprint density at radius 3 is 2.40 bits per heavy atom. The molecule has 1 N–H and O–H groups in total. The van der Waals surface area contributed by atoms with Gasteiger partial charge in [0.25, 0.3) is 0 Å². The molecule has 1 saturated heterocycles. The smallest absolute Gasteiger partial charge is 0.00819 e. The Bertz CT molecular complexity index is 179. The molecule has 0 aromatic carbocycles. The fraction of sp³-hybridized carbons (Fsp3) is 1.00. The third-order valence-corrected chi connectivity index (χ3v) is 3.51. The van der Waals surface area contributed by atoms with Crippen molar-refractivity contribution in [1.82, 2.24) is 10.2 Å². The summed E-state index contributed by atoms with van der Waals surface area (Å²) < 4.78 is 0. The fourth-order valence-corrected chi connectivity index (χ4v) is 2.69. The zero-order valence-corrected chi connectivity index (χ0v) is 11.1. The zero-order valence-electron chi connectivity index (χ0n) is 11.1. The molecular formula is C13H28N2. The van der Waals surface area contributed by atoms with Gasteiger partial charge in [0.15, 0.2) is 0 Å². The topological polar surface area (TPSA) is 15.3 Å². The highest BCUT2D eigenvalue weighted by Crippen LogP contribution is 2.25. The number of rotatable bonds is 5. The Labute approximate surface area is 95.4 Å². The van der Waals surface area contributed by atoms with Crippen molar-refractivity contribution in [3.63, 3.8) is 0 Å². The second kappa shape index (κ2) is 5.86. The average molecular weight is 212 g/mol. The lowest BCUT2D eigenvalue weighted by Crippen LogP contribution is -2.38. The van der Waals surface area contributed by atoms with Gasteiger partial charge in [0, 0.05) is 24.7 Å². The van der Waals surface area contributed by atoms with Gasteiger partial charge < -0.3 is 5.32 Å². The summed E-state index contributed by atoms with van der Waals surface area (Å²) >= 11 is 0. The van der Waals surface area contributed by atoms with Crippen molar-refractivity contribution in [2.24, 2.45) is 5.92 Å². The van der Waals surface area contributed by atoms with E-state index in [0.29, 0.717) is 6.04 Å². The van der Waals surface area contributed by atoms with Crippen LogP contribution in [-0.4, -0.2) is 36.1 Å². The normalized spacial score (nSPS) is 30.0. The van der Waals surface area contributed by atoms with Crippen LogP contribution in [0.2, 0.25) is 0 Å². The van der Waals surface area contributed by atoms with Gasteiger partial charge in [-0.2, -0.15) is 0 Å². The molecule has 1 aliphatic heterocycles. The lowest BCUT2D eigenvalue weighted by molar-refractivity contribution is 0.189. The molecular weight excluding hydrogens is 184 g/mol. The van der Waals surface area contributed by atoms with E-state index in [1.807, 2.05) is 0 Å². The molecule has 2 heteroatoms. The molecule has 1 aliphatic rings. The standard InChI is InChI=1S/C13H28N2/c1-10(2)14-7-6-12(4)15-9-11(3)8-13(15)5/h10-14H,6-9H2,1-5H3. The van der Waals surface area contributed by atoms with Crippen molar-refractivity contribution in [2.45, 2.75) is 65.6 Å². The molecule has 15 heavy (non-hydrogen) atoms. The minimum atomic E-state index is 0.618. The number of nitrogens with zero attached hydrogens (tertiary/aromatic N) is 1. The van der Waals surface area contributed by atoms with Crippen LogP contribution in [0.25, 0.3) is 0 Å². The Kier molecular flexibility index (Phi) is 5.07. The van der Waals surface area contributed by atoms with Crippen molar-refractivity contribution in [2.75, 3.05) is 13.1 Å². The minimum absolute atomic E-state index is 0.618. The number of hydrogen-bond donors (Lipinski definition) is 1. The molecule has 2 nitrogen and oxygen atoms in total. The van der Waals surface area contributed by atoms with E-state index in [1.165, 1.54) is 19.4 Å². The predicted octanol–water partition coefficient (Wildman–Crippen LogP) is 2.49. The van der Waals surface area contributed by atoms with E-state index in [9.17, 15) is 0 Å². The first kappa shape index (κ1) is 13.0. The van der Waals surface area contributed by atoms with Gasteiger partial charge in [0.1, 0.15) is 0 Å². The summed E-state index contributed by atoms with van der Waals surface area (Å²) in [6.45, 7) is 14.0. The van der Waals surface area contributed by atoms with E-state index in [4.69, 9.17) is 0 Å². The molecule has 0 aromatic heterocycles. The maximum atomic E-state index is 3.50. The monoisotopic (exact) mass is 212 g/mol. The van der Waals surface area contributed by atoms with Gasteiger partial charge in [-0.3, -0.25) is 4.90 Å². The van der Waals surface area contributed by atoms with Crippen molar-refractivity contribution in [1.29, 1.82) is 0 Å². The highest BCUT2D eigenvalue weighted by molar-refractivity contribution is 4.84. The Balaban J connectivity index is 2.24. The van der Waals surface area contributed by atoms with Crippen molar-refractivity contribution >= 4 is 0 Å². The molecule has 0 aromatic rings. The van der Waals surface area contributed by atoms with Crippen molar-refractivity contribution in [3.8, 4) is 0 Å². The number of hydrogen-bond acceptors (Lipinski definition) is 2. The summed E-state index contributed by atoms with van der Waals surface area (Å²) in [6.07, 6.45) is 2.65. The fourth-order valence-electron chi connectivity index (χ4n) is 2.69.